The summed E-state index contributed by atoms with van der Waals surface area (Å²) < 4.78 is 12.5. The van der Waals surface area contributed by atoms with Gasteiger partial charge in [0.2, 0.25) is 0 Å². The predicted molar refractivity (Wildman–Crippen MR) is 81.3 cm³/mol. The highest BCUT2D eigenvalue weighted by Gasteiger charge is 2.09. The second-order valence-electron chi connectivity index (χ2n) is 4.66. The number of thiazole rings is 1. The van der Waals surface area contributed by atoms with Gasteiger partial charge in [0.1, 0.15) is 11.5 Å². The first kappa shape index (κ1) is 13.9. The van der Waals surface area contributed by atoms with Crippen LogP contribution in [0, 0.1) is 0 Å². The zero-order chi connectivity index (χ0) is 14.8. The number of rotatable bonds is 5. The lowest BCUT2D eigenvalue weighted by atomic mass is 10.1. The van der Waals surface area contributed by atoms with Gasteiger partial charge < -0.3 is 14.6 Å². The largest absolute Gasteiger partial charge is 0.497 e. The van der Waals surface area contributed by atoms with Crippen molar-refractivity contribution in [1.82, 2.24) is 9.38 Å². The quantitative estimate of drug-likeness (QED) is 0.787. The minimum absolute atomic E-state index is 0.00960. The summed E-state index contributed by atoms with van der Waals surface area (Å²) in [5, 5.41) is 9.27. The van der Waals surface area contributed by atoms with Crippen molar-refractivity contribution in [3.05, 3.63) is 46.7 Å². The summed E-state index contributed by atoms with van der Waals surface area (Å²) in [4.78, 5) is 6.35. The van der Waals surface area contributed by atoms with Gasteiger partial charge in [0.05, 0.1) is 32.7 Å². The van der Waals surface area contributed by atoms with Gasteiger partial charge in [0, 0.05) is 23.6 Å². The lowest BCUT2D eigenvalue weighted by molar-refractivity contribution is 0.276. The predicted octanol–water partition coefficient (Wildman–Crippen LogP) is 2.50. The third-order valence-electron chi connectivity index (χ3n) is 3.29. The second kappa shape index (κ2) is 5.75. The van der Waals surface area contributed by atoms with Gasteiger partial charge in [0.25, 0.3) is 0 Å². The van der Waals surface area contributed by atoms with E-state index in [4.69, 9.17) is 9.47 Å². The van der Waals surface area contributed by atoms with Gasteiger partial charge in [-0.15, -0.1) is 11.3 Å². The Hall–Kier alpha value is -2.05. The highest BCUT2D eigenvalue weighted by Crippen LogP contribution is 2.27. The molecule has 0 aliphatic carbocycles. The molecule has 0 fully saturated rings. The zero-order valence-corrected chi connectivity index (χ0v) is 12.7. The molecule has 2 heterocycles. The average Bonchev–Trinajstić information content (AvgIpc) is 3.06. The molecule has 0 bridgehead atoms. The number of fused-ring (bicyclic) bond motifs is 1. The summed E-state index contributed by atoms with van der Waals surface area (Å²) in [6.07, 6.45) is 4.49. The molecule has 0 amide bonds. The highest BCUT2D eigenvalue weighted by atomic mass is 32.1. The van der Waals surface area contributed by atoms with Crippen LogP contribution >= 0.6 is 11.3 Å². The summed E-state index contributed by atoms with van der Waals surface area (Å²) in [5.41, 5.74) is 1.91. The fraction of sp³-hybridized carbons (Fsp3) is 0.267. The Morgan fingerprint density at radius 3 is 2.52 bits per heavy atom. The minimum Gasteiger partial charge on any atom is -0.497 e. The topological polar surface area (TPSA) is 56.0 Å². The average molecular weight is 304 g/mol. The molecule has 2 aromatic heterocycles. The van der Waals surface area contributed by atoms with Crippen LogP contribution in [0.5, 0.6) is 11.5 Å². The molecule has 0 aliphatic rings. The molecule has 1 N–H and O–H groups in total. The van der Waals surface area contributed by atoms with E-state index in [1.165, 1.54) is 4.88 Å². The number of nitrogens with zero attached hydrogens (tertiary/aromatic N) is 2. The molecule has 1 aromatic carbocycles. The lowest BCUT2D eigenvalue weighted by Crippen LogP contribution is -1.92. The molecule has 0 saturated heterocycles. The molecule has 0 saturated carbocycles. The van der Waals surface area contributed by atoms with Crippen molar-refractivity contribution in [2.75, 3.05) is 14.2 Å². The van der Waals surface area contributed by atoms with Gasteiger partial charge in [-0.25, -0.2) is 4.98 Å². The van der Waals surface area contributed by atoms with Gasteiger partial charge >= 0.3 is 0 Å². The fourth-order valence-corrected chi connectivity index (χ4v) is 3.25. The van der Waals surface area contributed by atoms with E-state index < -0.39 is 0 Å². The molecule has 0 atom stereocenters. The maximum atomic E-state index is 9.27. The summed E-state index contributed by atoms with van der Waals surface area (Å²) in [5.74, 6) is 1.56. The monoisotopic (exact) mass is 304 g/mol. The number of ether oxygens (including phenoxy) is 2. The number of aliphatic hydroxyl groups excluding tert-OH is 1. The molecule has 21 heavy (non-hydrogen) atoms. The van der Waals surface area contributed by atoms with E-state index in [2.05, 4.69) is 4.98 Å². The van der Waals surface area contributed by atoms with Crippen molar-refractivity contribution in [2.24, 2.45) is 0 Å². The lowest BCUT2D eigenvalue weighted by Gasteiger charge is -2.07. The fourth-order valence-electron chi connectivity index (χ4n) is 2.25. The molecule has 6 heteroatoms. The Kier molecular flexibility index (Phi) is 3.81. The number of aromatic nitrogens is 2. The maximum absolute atomic E-state index is 9.27. The molecule has 3 aromatic rings. The van der Waals surface area contributed by atoms with E-state index >= 15 is 0 Å². The van der Waals surface area contributed by atoms with Crippen LogP contribution in [0.2, 0.25) is 0 Å². The van der Waals surface area contributed by atoms with Crippen LogP contribution in [0.1, 0.15) is 16.1 Å². The van der Waals surface area contributed by atoms with Crippen molar-refractivity contribution < 1.29 is 14.6 Å². The number of hydrogen-bond donors (Lipinski definition) is 1. The van der Waals surface area contributed by atoms with Gasteiger partial charge in [-0.3, -0.25) is 4.40 Å². The molecule has 0 unspecified atom stereocenters. The molecular formula is C15H16N2O3S. The van der Waals surface area contributed by atoms with E-state index in [1.54, 1.807) is 31.8 Å². The first-order valence-electron chi connectivity index (χ1n) is 6.51. The summed E-state index contributed by atoms with van der Waals surface area (Å²) in [6.45, 7) is -0.00960. The van der Waals surface area contributed by atoms with E-state index in [1.807, 2.05) is 28.8 Å². The van der Waals surface area contributed by atoms with Gasteiger partial charge in [-0.05, 0) is 17.7 Å². The number of aliphatic hydroxyl groups is 1. The van der Waals surface area contributed by atoms with Crippen LogP contribution in [-0.4, -0.2) is 28.7 Å². The Morgan fingerprint density at radius 2 is 1.90 bits per heavy atom. The van der Waals surface area contributed by atoms with Crippen molar-refractivity contribution in [1.29, 1.82) is 0 Å². The molecule has 110 valence electrons. The van der Waals surface area contributed by atoms with Crippen LogP contribution in [0.4, 0.5) is 0 Å². The number of methoxy groups -OCH3 is 2. The third kappa shape index (κ3) is 2.72. The van der Waals surface area contributed by atoms with Crippen molar-refractivity contribution >= 4 is 16.3 Å². The van der Waals surface area contributed by atoms with Crippen LogP contribution in [0.15, 0.2) is 30.6 Å². The normalized spacial score (nSPS) is 11.0. The molecule has 0 aliphatic heterocycles. The van der Waals surface area contributed by atoms with E-state index in [0.29, 0.717) is 0 Å². The molecule has 5 nitrogen and oxygen atoms in total. The van der Waals surface area contributed by atoms with E-state index in [-0.39, 0.29) is 6.61 Å². The number of benzene rings is 1. The van der Waals surface area contributed by atoms with Crippen LogP contribution < -0.4 is 9.47 Å². The number of hydrogen-bond acceptors (Lipinski definition) is 5. The Bertz CT molecular complexity index is 741. The first-order chi connectivity index (χ1) is 10.2. The zero-order valence-electron chi connectivity index (χ0n) is 11.9. The van der Waals surface area contributed by atoms with E-state index in [9.17, 15) is 5.11 Å². The number of imidazole rings is 1. The summed E-state index contributed by atoms with van der Waals surface area (Å²) >= 11 is 1.61. The summed E-state index contributed by atoms with van der Waals surface area (Å²) in [7, 11) is 3.29. The second-order valence-corrected chi connectivity index (χ2v) is 5.75. The molecule has 3 rings (SSSR count). The van der Waals surface area contributed by atoms with Gasteiger partial charge in [-0.1, -0.05) is 0 Å². The smallest absolute Gasteiger partial charge is 0.194 e. The SMILES string of the molecule is COc1cc(Cc2cn3c(CO)cnc3s2)cc(OC)c1. The minimum atomic E-state index is -0.00960. The Balaban J connectivity index is 1.92. The Morgan fingerprint density at radius 1 is 1.19 bits per heavy atom. The Labute approximate surface area is 126 Å². The standard InChI is InChI=1S/C15H16N2O3S/c1-19-12-3-10(4-13(6-12)20-2)5-14-8-17-11(9-18)7-16-15(17)21-14/h3-4,6-8,18H,5,9H2,1-2H3. The van der Waals surface area contributed by atoms with Crippen molar-refractivity contribution in [3.8, 4) is 11.5 Å². The highest BCUT2D eigenvalue weighted by molar-refractivity contribution is 7.17. The summed E-state index contributed by atoms with van der Waals surface area (Å²) in [6, 6.07) is 5.85. The van der Waals surface area contributed by atoms with Crippen LogP contribution in [0.3, 0.4) is 0 Å². The first-order valence-corrected chi connectivity index (χ1v) is 7.32. The van der Waals surface area contributed by atoms with Gasteiger partial charge in [-0.2, -0.15) is 0 Å². The molecule has 0 spiro atoms. The van der Waals surface area contributed by atoms with Crippen molar-refractivity contribution in [3.63, 3.8) is 0 Å². The molecule has 0 radical (unpaired) electrons. The van der Waals surface area contributed by atoms with Gasteiger partial charge in [0.15, 0.2) is 4.96 Å². The van der Waals surface area contributed by atoms with E-state index in [0.717, 1.165) is 34.1 Å². The third-order valence-corrected chi connectivity index (χ3v) is 4.28. The van der Waals surface area contributed by atoms with Crippen LogP contribution in [0.25, 0.3) is 4.96 Å². The van der Waals surface area contributed by atoms with Crippen LogP contribution in [-0.2, 0) is 13.0 Å². The molecular weight excluding hydrogens is 288 g/mol. The van der Waals surface area contributed by atoms with Crippen molar-refractivity contribution in [2.45, 2.75) is 13.0 Å². The maximum Gasteiger partial charge on any atom is 0.194 e.